The molecule has 1 N–H and O–H groups in total. The van der Waals surface area contributed by atoms with Crippen molar-refractivity contribution in [3.8, 4) is 16.9 Å². The number of carboxylic acids is 1. The van der Waals surface area contributed by atoms with Crippen LogP contribution in [0.3, 0.4) is 0 Å². The molecule has 0 aliphatic carbocycles. The predicted molar refractivity (Wildman–Crippen MR) is 105 cm³/mol. The Morgan fingerprint density at radius 1 is 1.28 bits per heavy atom. The Balaban J connectivity index is 2.10. The number of aromatic nitrogens is 1. The van der Waals surface area contributed by atoms with Crippen LogP contribution in [0, 0.1) is 6.92 Å². The maximum absolute atomic E-state index is 12.8. The van der Waals surface area contributed by atoms with Crippen LogP contribution in [-0.2, 0) is 4.79 Å². The first-order valence-corrected chi connectivity index (χ1v) is 9.61. The van der Waals surface area contributed by atoms with Crippen LogP contribution in [0.1, 0.15) is 27.8 Å². The molecule has 0 radical (unpaired) electrons. The average Bonchev–Trinajstić information content (AvgIpc) is 3.04. The number of alkyl halides is 3. The van der Waals surface area contributed by atoms with Crippen LogP contribution in [0.25, 0.3) is 11.1 Å². The number of aryl methyl sites for hydroxylation is 1. The highest BCUT2D eigenvalue weighted by atomic mass is 35.5. The molecule has 1 heterocycles. The number of carboxylic acid groups (broad SMARTS) is 1. The zero-order valence-corrected chi connectivity index (χ0v) is 16.6. The van der Waals surface area contributed by atoms with Crippen molar-refractivity contribution in [2.45, 2.75) is 25.6 Å². The van der Waals surface area contributed by atoms with Crippen molar-refractivity contribution in [2.75, 3.05) is 0 Å². The molecule has 152 valence electrons. The van der Waals surface area contributed by atoms with Gasteiger partial charge < -0.3 is 9.84 Å². The summed E-state index contributed by atoms with van der Waals surface area (Å²) in [6, 6.07) is 10.4. The average molecular weight is 442 g/mol. The van der Waals surface area contributed by atoms with E-state index in [0.717, 1.165) is 4.88 Å². The summed E-state index contributed by atoms with van der Waals surface area (Å²) in [6.07, 6.45) is -3.43. The number of aliphatic carboxylic acids is 1. The van der Waals surface area contributed by atoms with Crippen molar-refractivity contribution >= 4 is 28.9 Å². The molecular formula is C20H15ClF3NO3S. The monoisotopic (exact) mass is 441 g/mol. The lowest BCUT2D eigenvalue weighted by Gasteiger charge is -2.17. The Kier molecular flexibility index (Phi) is 6.14. The van der Waals surface area contributed by atoms with Gasteiger partial charge in [0.1, 0.15) is 10.8 Å². The number of halogens is 4. The second-order valence-corrected chi connectivity index (χ2v) is 7.98. The van der Waals surface area contributed by atoms with Crippen LogP contribution >= 0.6 is 22.9 Å². The van der Waals surface area contributed by atoms with Crippen molar-refractivity contribution in [3.63, 3.8) is 0 Å². The molecule has 0 spiro atoms. The third-order valence-electron chi connectivity index (χ3n) is 4.06. The molecule has 0 fully saturated rings. The van der Waals surface area contributed by atoms with E-state index in [4.69, 9.17) is 11.6 Å². The summed E-state index contributed by atoms with van der Waals surface area (Å²) in [7, 11) is 0. The van der Waals surface area contributed by atoms with Crippen molar-refractivity contribution in [3.05, 3.63) is 69.1 Å². The quantitative estimate of drug-likeness (QED) is 0.489. The molecule has 0 amide bonds. The zero-order chi connectivity index (χ0) is 21.2. The first-order valence-electron chi connectivity index (χ1n) is 8.42. The minimum Gasteiger partial charge on any atom is -0.481 e. The molecule has 29 heavy (non-hydrogen) atoms. The Labute approximate surface area is 173 Å². The van der Waals surface area contributed by atoms with E-state index in [1.54, 1.807) is 24.4 Å². The third-order valence-corrected chi connectivity index (χ3v) is 5.31. The van der Waals surface area contributed by atoms with Gasteiger partial charge in [-0.2, -0.15) is 0 Å². The number of rotatable bonds is 6. The van der Waals surface area contributed by atoms with Crippen LogP contribution in [0.4, 0.5) is 13.2 Å². The molecule has 1 atom stereocenters. The van der Waals surface area contributed by atoms with E-state index in [1.165, 1.54) is 35.6 Å². The molecule has 9 heteroatoms. The Hall–Kier alpha value is -2.58. The summed E-state index contributed by atoms with van der Waals surface area (Å²) < 4.78 is 42.4. The Morgan fingerprint density at radius 3 is 2.62 bits per heavy atom. The fraction of sp³-hybridized carbons (Fsp3) is 0.200. The molecule has 3 rings (SSSR count). The molecule has 3 aromatic rings. The molecular weight excluding hydrogens is 427 g/mol. The summed E-state index contributed by atoms with van der Waals surface area (Å²) in [4.78, 5) is 16.6. The van der Waals surface area contributed by atoms with E-state index >= 15 is 0 Å². The maximum atomic E-state index is 12.8. The number of thiazole rings is 1. The van der Waals surface area contributed by atoms with Gasteiger partial charge in [-0.25, -0.2) is 4.98 Å². The lowest BCUT2D eigenvalue weighted by Crippen LogP contribution is -2.17. The van der Waals surface area contributed by atoms with Crippen molar-refractivity contribution in [1.82, 2.24) is 4.98 Å². The minimum absolute atomic E-state index is 0.193. The standard InChI is InChI=1S/C20H15ClF3NO3S/c1-11-10-25-19(29-11)16(9-18(26)27)13-6-12(7-14(21)8-13)15-4-2-3-5-17(15)28-20(22,23)24/h2-8,10,16H,9H2,1H3,(H,26,27). The molecule has 4 nitrogen and oxygen atoms in total. The predicted octanol–water partition coefficient (Wildman–Crippen LogP) is 6.28. The van der Waals surface area contributed by atoms with Gasteiger partial charge in [-0.3, -0.25) is 4.79 Å². The first kappa shape index (κ1) is 21.1. The Bertz CT molecular complexity index is 1040. The van der Waals surface area contributed by atoms with Crippen LogP contribution < -0.4 is 4.74 Å². The number of benzene rings is 2. The molecule has 0 aliphatic heterocycles. The van der Waals surface area contributed by atoms with E-state index in [0.29, 0.717) is 16.1 Å². The van der Waals surface area contributed by atoms with Crippen LogP contribution in [-0.4, -0.2) is 22.4 Å². The van der Waals surface area contributed by atoms with Crippen LogP contribution in [0.15, 0.2) is 48.7 Å². The highest BCUT2D eigenvalue weighted by Gasteiger charge is 2.32. The second-order valence-electron chi connectivity index (χ2n) is 6.28. The maximum Gasteiger partial charge on any atom is 0.573 e. The summed E-state index contributed by atoms with van der Waals surface area (Å²) >= 11 is 7.59. The van der Waals surface area contributed by atoms with E-state index in [1.807, 2.05) is 6.92 Å². The summed E-state index contributed by atoms with van der Waals surface area (Å²) in [5.74, 6) is -1.97. The van der Waals surface area contributed by atoms with Gasteiger partial charge in [0, 0.05) is 27.6 Å². The van der Waals surface area contributed by atoms with Gasteiger partial charge in [0.2, 0.25) is 0 Å². The zero-order valence-electron chi connectivity index (χ0n) is 15.0. The Morgan fingerprint density at radius 2 is 2.00 bits per heavy atom. The van der Waals surface area contributed by atoms with Crippen molar-refractivity contribution in [1.29, 1.82) is 0 Å². The second kappa shape index (κ2) is 8.42. The smallest absolute Gasteiger partial charge is 0.481 e. The summed E-state index contributed by atoms with van der Waals surface area (Å²) in [5.41, 5.74) is 1.13. The summed E-state index contributed by atoms with van der Waals surface area (Å²) in [6.45, 7) is 1.85. The van der Waals surface area contributed by atoms with E-state index < -0.39 is 18.2 Å². The molecule has 0 bridgehead atoms. The number of ether oxygens (including phenoxy) is 1. The van der Waals surface area contributed by atoms with Crippen LogP contribution in [0.2, 0.25) is 5.02 Å². The van der Waals surface area contributed by atoms with E-state index in [2.05, 4.69) is 9.72 Å². The highest BCUT2D eigenvalue weighted by Crippen LogP contribution is 2.39. The lowest BCUT2D eigenvalue weighted by atomic mass is 9.92. The van der Waals surface area contributed by atoms with Gasteiger partial charge in [0.25, 0.3) is 0 Å². The van der Waals surface area contributed by atoms with E-state index in [-0.39, 0.29) is 22.8 Å². The fourth-order valence-corrected chi connectivity index (χ4v) is 4.09. The van der Waals surface area contributed by atoms with Crippen LogP contribution in [0.5, 0.6) is 5.75 Å². The van der Waals surface area contributed by atoms with Gasteiger partial charge in [0.05, 0.1) is 6.42 Å². The largest absolute Gasteiger partial charge is 0.573 e. The number of hydrogen-bond donors (Lipinski definition) is 1. The van der Waals surface area contributed by atoms with Crippen molar-refractivity contribution in [2.24, 2.45) is 0 Å². The number of para-hydroxylation sites is 1. The fourth-order valence-electron chi connectivity index (χ4n) is 2.94. The molecule has 0 aliphatic rings. The molecule has 1 unspecified atom stereocenters. The highest BCUT2D eigenvalue weighted by molar-refractivity contribution is 7.11. The third kappa shape index (κ3) is 5.48. The van der Waals surface area contributed by atoms with Crippen molar-refractivity contribution < 1.29 is 27.8 Å². The summed E-state index contributed by atoms with van der Waals surface area (Å²) in [5, 5.41) is 10.2. The molecule has 1 aromatic heterocycles. The molecule has 0 saturated heterocycles. The van der Waals surface area contributed by atoms with E-state index in [9.17, 15) is 23.1 Å². The van der Waals surface area contributed by atoms with Gasteiger partial charge in [-0.05, 0) is 36.2 Å². The number of carbonyl (C=O) groups is 1. The lowest BCUT2D eigenvalue weighted by molar-refractivity contribution is -0.274. The SMILES string of the molecule is Cc1cnc(C(CC(=O)O)c2cc(Cl)cc(-c3ccccc3OC(F)(F)F)c2)s1. The van der Waals surface area contributed by atoms with Gasteiger partial charge in [-0.1, -0.05) is 35.9 Å². The number of hydrogen-bond acceptors (Lipinski definition) is 4. The minimum atomic E-state index is -4.85. The van der Waals surface area contributed by atoms with Gasteiger partial charge >= 0.3 is 12.3 Å². The normalized spacial score (nSPS) is 12.6. The topological polar surface area (TPSA) is 59.4 Å². The number of nitrogens with zero attached hydrogens (tertiary/aromatic N) is 1. The van der Waals surface area contributed by atoms with Gasteiger partial charge in [-0.15, -0.1) is 24.5 Å². The van der Waals surface area contributed by atoms with Gasteiger partial charge in [0.15, 0.2) is 0 Å². The first-order chi connectivity index (χ1) is 13.6. The molecule has 0 saturated carbocycles. The molecule has 2 aromatic carbocycles.